The van der Waals surface area contributed by atoms with Crippen molar-refractivity contribution in [1.29, 1.82) is 0 Å². The molecule has 64 heavy (non-hydrogen) atoms. The fourth-order valence-corrected chi connectivity index (χ4v) is 11.7. The number of hydrogen-bond acceptors (Lipinski definition) is 1. The highest BCUT2D eigenvalue weighted by molar-refractivity contribution is 7.26. The minimum Gasteiger partial charge on any atom is -0.309 e. The van der Waals surface area contributed by atoms with Crippen LogP contribution in [0.15, 0.2) is 224 Å². The quantitative estimate of drug-likeness (QED) is 0.164. The summed E-state index contributed by atoms with van der Waals surface area (Å²) in [5.74, 6) is 0. The molecule has 0 aliphatic carbocycles. The summed E-state index contributed by atoms with van der Waals surface area (Å²) in [6, 6.07) is 82.7. The first-order chi connectivity index (χ1) is 31.7. The standard InChI is InChI=1S/C60H37N3S/c1-7-19-52-45(13-1)46-14-2-8-20-53(46)61(52)43-35-41(36-44(37-43)62-54-21-9-3-15-47(54)48-16-4-10-22-55(48)62)40-27-25-38(26-28-40)39-29-31-42(32-30-39)63-56-23-11-5-17-49(56)50-33-34-58-59(60(50)63)51-18-6-12-24-57(51)64-58/h1-37H. The topological polar surface area (TPSA) is 14.8 Å². The summed E-state index contributed by atoms with van der Waals surface area (Å²) < 4.78 is 9.98. The van der Waals surface area contributed by atoms with Crippen molar-refractivity contribution in [2.24, 2.45) is 0 Å². The first-order valence-corrected chi connectivity index (χ1v) is 22.7. The monoisotopic (exact) mass is 831 g/mol. The third-order valence-corrected chi connectivity index (χ3v) is 14.6. The molecule has 0 bridgehead atoms. The molecule has 0 amide bonds. The van der Waals surface area contributed by atoms with Crippen molar-refractivity contribution < 1.29 is 0 Å². The lowest BCUT2D eigenvalue weighted by Crippen LogP contribution is -2.00. The maximum atomic E-state index is 2.47. The minimum atomic E-state index is 1.13. The predicted molar refractivity (Wildman–Crippen MR) is 273 cm³/mol. The van der Waals surface area contributed by atoms with Gasteiger partial charge < -0.3 is 13.7 Å². The molecule has 0 fully saturated rings. The number of para-hydroxylation sites is 5. The predicted octanol–water partition coefficient (Wildman–Crippen LogP) is 16.7. The van der Waals surface area contributed by atoms with Gasteiger partial charge in [-0.25, -0.2) is 0 Å². The Morgan fingerprint density at radius 2 is 0.641 bits per heavy atom. The van der Waals surface area contributed by atoms with Crippen LogP contribution < -0.4 is 0 Å². The molecule has 0 saturated carbocycles. The van der Waals surface area contributed by atoms with Gasteiger partial charge in [0.2, 0.25) is 0 Å². The zero-order chi connectivity index (χ0) is 41.9. The van der Waals surface area contributed by atoms with Crippen LogP contribution in [0, 0.1) is 0 Å². The fourth-order valence-electron chi connectivity index (χ4n) is 10.6. The molecule has 0 unspecified atom stereocenters. The molecule has 10 aromatic carbocycles. The molecule has 14 aromatic rings. The molecule has 14 rings (SSSR count). The van der Waals surface area contributed by atoms with Gasteiger partial charge in [-0.05, 0) is 95.1 Å². The molecule has 0 aliphatic heterocycles. The van der Waals surface area contributed by atoms with Gasteiger partial charge in [-0.1, -0.05) is 152 Å². The van der Waals surface area contributed by atoms with E-state index in [0.717, 1.165) is 22.6 Å². The van der Waals surface area contributed by atoms with E-state index in [1.807, 2.05) is 11.3 Å². The fraction of sp³-hybridized carbons (Fsp3) is 0. The van der Waals surface area contributed by atoms with E-state index in [-0.39, 0.29) is 0 Å². The van der Waals surface area contributed by atoms with Crippen molar-refractivity contribution in [3.05, 3.63) is 224 Å². The van der Waals surface area contributed by atoms with Gasteiger partial charge in [0.25, 0.3) is 0 Å². The molecule has 4 heterocycles. The zero-order valence-corrected chi connectivity index (χ0v) is 35.4. The van der Waals surface area contributed by atoms with E-state index >= 15 is 0 Å². The summed E-state index contributed by atoms with van der Waals surface area (Å²) in [4.78, 5) is 0. The highest BCUT2D eigenvalue weighted by Gasteiger charge is 2.20. The van der Waals surface area contributed by atoms with Gasteiger partial charge >= 0.3 is 0 Å². The number of fused-ring (bicyclic) bond motifs is 13. The lowest BCUT2D eigenvalue weighted by atomic mass is 9.99. The summed E-state index contributed by atoms with van der Waals surface area (Å²) in [5.41, 5.74) is 15.4. The number of nitrogens with zero attached hydrogens (tertiary/aromatic N) is 3. The first kappa shape index (κ1) is 35.4. The maximum absolute atomic E-state index is 2.47. The van der Waals surface area contributed by atoms with Gasteiger partial charge in [0, 0.05) is 69.6 Å². The van der Waals surface area contributed by atoms with Crippen LogP contribution in [0.1, 0.15) is 0 Å². The Kier molecular flexibility index (Phi) is 7.56. The Morgan fingerprint density at radius 1 is 0.250 bits per heavy atom. The molecule has 0 N–H and O–H groups in total. The third-order valence-electron chi connectivity index (χ3n) is 13.4. The average Bonchev–Trinajstić information content (AvgIpc) is 4.10. The zero-order valence-electron chi connectivity index (χ0n) is 34.6. The number of thiophene rings is 1. The number of hydrogen-bond donors (Lipinski definition) is 0. The second-order valence-electron chi connectivity index (χ2n) is 16.9. The third kappa shape index (κ3) is 5.15. The van der Waals surface area contributed by atoms with Crippen LogP contribution in [0.5, 0.6) is 0 Å². The van der Waals surface area contributed by atoms with Crippen LogP contribution >= 0.6 is 11.3 Å². The smallest absolute Gasteiger partial charge is 0.0634 e. The molecule has 0 aliphatic rings. The molecule has 3 nitrogen and oxygen atoms in total. The highest BCUT2D eigenvalue weighted by Crippen LogP contribution is 2.44. The maximum Gasteiger partial charge on any atom is 0.0634 e. The highest BCUT2D eigenvalue weighted by atomic mass is 32.1. The van der Waals surface area contributed by atoms with Crippen molar-refractivity contribution in [3.8, 4) is 39.3 Å². The average molecular weight is 832 g/mol. The molecular formula is C60H37N3S. The van der Waals surface area contributed by atoms with Gasteiger partial charge in [0.1, 0.15) is 0 Å². The van der Waals surface area contributed by atoms with E-state index in [1.165, 1.54) is 102 Å². The van der Waals surface area contributed by atoms with Crippen LogP contribution in [0.4, 0.5) is 0 Å². The lowest BCUT2D eigenvalue weighted by molar-refractivity contribution is 1.13. The summed E-state index contributed by atoms with van der Waals surface area (Å²) in [7, 11) is 0. The molecule has 0 atom stereocenters. The minimum absolute atomic E-state index is 1.13. The SMILES string of the molecule is c1ccc2c(c1)sc1ccc3c4ccccc4n(-c4ccc(-c5ccc(-c6cc(-n7c8ccccc8c8ccccc87)cc(-n7c8ccccc8c8ccccc87)c6)cc5)cc4)c3c12. The van der Waals surface area contributed by atoms with Gasteiger partial charge in [-0.15, -0.1) is 11.3 Å². The van der Waals surface area contributed by atoms with E-state index in [2.05, 4.69) is 238 Å². The Morgan fingerprint density at radius 3 is 1.14 bits per heavy atom. The number of rotatable bonds is 5. The molecule has 0 spiro atoms. The van der Waals surface area contributed by atoms with E-state index < -0.39 is 0 Å². The molecule has 4 heteroatoms. The second-order valence-corrected chi connectivity index (χ2v) is 18.0. The molecule has 0 radical (unpaired) electrons. The van der Waals surface area contributed by atoms with Crippen molar-refractivity contribution in [2.75, 3.05) is 0 Å². The number of aromatic nitrogens is 3. The van der Waals surface area contributed by atoms with Crippen LogP contribution in [-0.4, -0.2) is 13.7 Å². The van der Waals surface area contributed by atoms with Gasteiger partial charge in [-0.3, -0.25) is 0 Å². The normalized spacial score (nSPS) is 12.1. The van der Waals surface area contributed by atoms with E-state index in [9.17, 15) is 0 Å². The van der Waals surface area contributed by atoms with Crippen LogP contribution in [0.3, 0.4) is 0 Å². The van der Waals surface area contributed by atoms with Crippen LogP contribution in [0.2, 0.25) is 0 Å². The summed E-state index contributed by atoms with van der Waals surface area (Å²) in [6.07, 6.45) is 0. The summed E-state index contributed by atoms with van der Waals surface area (Å²) in [5, 5.41) is 10.2. The van der Waals surface area contributed by atoms with Gasteiger partial charge in [0.15, 0.2) is 0 Å². The van der Waals surface area contributed by atoms with E-state index in [4.69, 9.17) is 0 Å². The van der Waals surface area contributed by atoms with Crippen molar-refractivity contribution >= 4 is 96.9 Å². The summed E-state index contributed by atoms with van der Waals surface area (Å²) in [6.45, 7) is 0. The first-order valence-electron chi connectivity index (χ1n) is 21.9. The lowest BCUT2D eigenvalue weighted by Gasteiger charge is -2.16. The van der Waals surface area contributed by atoms with E-state index in [0.29, 0.717) is 0 Å². The largest absolute Gasteiger partial charge is 0.309 e. The second kappa shape index (κ2) is 13.7. The molecule has 4 aromatic heterocycles. The summed E-state index contributed by atoms with van der Waals surface area (Å²) >= 11 is 1.87. The Labute approximate surface area is 372 Å². The Balaban J connectivity index is 0.910. The van der Waals surface area contributed by atoms with Gasteiger partial charge in [0.05, 0.1) is 33.1 Å². The number of benzene rings is 10. The van der Waals surface area contributed by atoms with Crippen molar-refractivity contribution in [2.45, 2.75) is 0 Å². The van der Waals surface area contributed by atoms with Crippen molar-refractivity contribution in [3.63, 3.8) is 0 Å². The molecular weight excluding hydrogens is 795 g/mol. The Bertz CT molecular complexity index is 3940. The van der Waals surface area contributed by atoms with Crippen LogP contribution in [0.25, 0.3) is 125 Å². The molecule has 0 saturated heterocycles. The van der Waals surface area contributed by atoms with Crippen LogP contribution in [-0.2, 0) is 0 Å². The van der Waals surface area contributed by atoms with Gasteiger partial charge in [-0.2, -0.15) is 0 Å². The van der Waals surface area contributed by atoms with Crippen molar-refractivity contribution in [1.82, 2.24) is 13.7 Å². The molecule has 298 valence electrons. The van der Waals surface area contributed by atoms with E-state index in [1.54, 1.807) is 0 Å². The Hall–Kier alpha value is -8.18.